The van der Waals surface area contributed by atoms with Gasteiger partial charge in [0.25, 0.3) is 0 Å². The van der Waals surface area contributed by atoms with Gasteiger partial charge >= 0.3 is 5.97 Å². The zero-order chi connectivity index (χ0) is 15.2. The van der Waals surface area contributed by atoms with Crippen molar-refractivity contribution >= 4 is 21.5 Å². The molecule has 0 unspecified atom stereocenters. The lowest BCUT2D eigenvalue weighted by molar-refractivity contribution is -0.142. The number of anilines is 1. The van der Waals surface area contributed by atoms with Gasteiger partial charge in [-0.1, -0.05) is 6.92 Å². The molecule has 5 nitrogen and oxygen atoms in total. The van der Waals surface area contributed by atoms with Crippen LogP contribution in [-0.4, -0.2) is 40.3 Å². The lowest BCUT2D eigenvalue weighted by atomic mass is 10.3. The van der Waals surface area contributed by atoms with E-state index in [9.17, 15) is 13.2 Å². The van der Waals surface area contributed by atoms with Crippen molar-refractivity contribution in [1.29, 1.82) is 0 Å². The minimum absolute atomic E-state index is 0.0883. The summed E-state index contributed by atoms with van der Waals surface area (Å²) in [4.78, 5) is 13.5. The Hall–Kier alpha value is -1.56. The predicted molar refractivity (Wildman–Crippen MR) is 78.7 cm³/mol. The van der Waals surface area contributed by atoms with Crippen molar-refractivity contribution < 1.29 is 17.9 Å². The molecule has 20 heavy (non-hydrogen) atoms. The fraction of sp³-hybridized carbons (Fsp3) is 0.500. The molecule has 0 aliphatic rings. The van der Waals surface area contributed by atoms with Gasteiger partial charge in [0.1, 0.15) is 0 Å². The van der Waals surface area contributed by atoms with E-state index >= 15 is 0 Å². The van der Waals surface area contributed by atoms with Crippen molar-refractivity contribution in [3.63, 3.8) is 0 Å². The van der Waals surface area contributed by atoms with E-state index in [1.54, 1.807) is 38.1 Å². The minimum Gasteiger partial charge on any atom is -0.466 e. The fourth-order valence-corrected chi connectivity index (χ4v) is 2.58. The van der Waals surface area contributed by atoms with Crippen LogP contribution in [0.3, 0.4) is 0 Å². The van der Waals surface area contributed by atoms with Gasteiger partial charge in [-0.2, -0.15) is 0 Å². The van der Waals surface area contributed by atoms with Crippen LogP contribution in [-0.2, 0) is 19.4 Å². The summed E-state index contributed by atoms with van der Waals surface area (Å²) in [5.74, 6) is -0.144. The van der Waals surface area contributed by atoms with Crippen molar-refractivity contribution in [2.75, 3.05) is 30.9 Å². The first-order valence-corrected chi connectivity index (χ1v) is 8.25. The molecule has 0 heterocycles. The molecule has 0 aliphatic carbocycles. The molecular formula is C14H21NO4S. The van der Waals surface area contributed by atoms with Crippen molar-refractivity contribution in [3.8, 4) is 0 Å². The highest BCUT2D eigenvalue weighted by Gasteiger charge is 2.12. The van der Waals surface area contributed by atoms with Gasteiger partial charge in [-0.05, 0) is 31.2 Å². The Bertz CT molecular complexity index is 537. The lowest BCUT2D eigenvalue weighted by Crippen LogP contribution is -2.22. The smallest absolute Gasteiger partial charge is 0.307 e. The van der Waals surface area contributed by atoms with E-state index in [1.807, 2.05) is 11.9 Å². The Morgan fingerprint density at radius 1 is 1.20 bits per heavy atom. The number of carbonyl (C=O) groups is 1. The van der Waals surface area contributed by atoms with Crippen LogP contribution in [0.4, 0.5) is 5.69 Å². The maximum absolute atomic E-state index is 11.7. The first-order chi connectivity index (χ1) is 9.40. The summed E-state index contributed by atoms with van der Waals surface area (Å²) in [6, 6.07) is 6.67. The molecule has 0 aliphatic heterocycles. The molecule has 0 spiro atoms. The van der Waals surface area contributed by atoms with Gasteiger partial charge in [0.05, 0.1) is 23.7 Å². The third kappa shape index (κ3) is 4.52. The number of carbonyl (C=O) groups excluding carboxylic acids is 1. The molecular weight excluding hydrogens is 278 g/mol. The summed E-state index contributed by atoms with van der Waals surface area (Å²) in [7, 11) is -1.32. The minimum atomic E-state index is -3.17. The third-order valence-corrected chi connectivity index (χ3v) is 4.72. The van der Waals surface area contributed by atoms with Crippen LogP contribution in [0.25, 0.3) is 0 Å². The van der Waals surface area contributed by atoms with Crippen molar-refractivity contribution in [3.05, 3.63) is 24.3 Å². The van der Waals surface area contributed by atoms with Gasteiger partial charge in [-0.25, -0.2) is 8.42 Å². The Morgan fingerprint density at radius 3 is 2.30 bits per heavy atom. The highest BCUT2D eigenvalue weighted by Crippen LogP contribution is 2.18. The number of rotatable bonds is 7. The summed E-state index contributed by atoms with van der Waals surface area (Å²) in [6.07, 6.45) is 0.305. The molecule has 1 aromatic rings. The average molecular weight is 299 g/mol. The fourth-order valence-electron chi connectivity index (χ4n) is 1.70. The number of sulfone groups is 1. The summed E-state index contributed by atoms with van der Waals surface area (Å²) in [5.41, 5.74) is 0.865. The second-order valence-electron chi connectivity index (χ2n) is 4.37. The van der Waals surface area contributed by atoms with Gasteiger partial charge in [-0.15, -0.1) is 0 Å². The summed E-state index contributed by atoms with van der Waals surface area (Å²) in [6.45, 7) is 4.30. The van der Waals surface area contributed by atoms with E-state index in [1.165, 1.54) is 0 Å². The van der Waals surface area contributed by atoms with E-state index in [-0.39, 0.29) is 11.7 Å². The number of hydrogen-bond acceptors (Lipinski definition) is 5. The maximum Gasteiger partial charge on any atom is 0.307 e. The normalized spacial score (nSPS) is 11.2. The predicted octanol–water partition coefficient (Wildman–Crippen LogP) is 1.87. The van der Waals surface area contributed by atoms with Gasteiger partial charge in [0, 0.05) is 19.3 Å². The molecule has 0 saturated carbocycles. The summed E-state index contributed by atoms with van der Waals surface area (Å²) < 4.78 is 28.3. The van der Waals surface area contributed by atoms with E-state index in [0.717, 1.165) is 5.69 Å². The van der Waals surface area contributed by atoms with Crippen LogP contribution in [0.1, 0.15) is 20.3 Å². The Labute approximate surface area is 120 Å². The van der Waals surface area contributed by atoms with Crippen molar-refractivity contribution in [2.45, 2.75) is 25.2 Å². The van der Waals surface area contributed by atoms with Crippen molar-refractivity contribution in [1.82, 2.24) is 0 Å². The second kappa shape index (κ2) is 7.28. The molecule has 1 rings (SSSR count). The average Bonchev–Trinajstić information content (AvgIpc) is 2.45. The summed E-state index contributed by atoms with van der Waals surface area (Å²) >= 11 is 0. The lowest BCUT2D eigenvalue weighted by Gasteiger charge is -2.19. The Morgan fingerprint density at radius 2 is 1.80 bits per heavy atom. The zero-order valence-electron chi connectivity index (χ0n) is 12.1. The Kier molecular flexibility index (Phi) is 6.01. The molecule has 0 saturated heterocycles. The van der Waals surface area contributed by atoms with E-state index in [4.69, 9.17) is 4.74 Å². The molecule has 6 heteroatoms. The van der Waals surface area contributed by atoms with Crippen LogP contribution in [0.5, 0.6) is 0 Å². The monoisotopic (exact) mass is 299 g/mol. The zero-order valence-corrected chi connectivity index (χ0v) is 12.9. The van der Waals surface area contributed by atoms with E-state index in [2.05, 4.69) is 0 Å². The molecule has 0 fully saturated rings. The second-order valence-corrected chi connectivity index (χ2v) is 6.65. The van der Waals surface area contributed by atoms with Crippen molar-refractivity contribution in [2.24, 2.45) is 0 Å². The van der Waals surface area contributed by atoms with Gasteiger partial charge < -0.3 is 9.64 Å². The molecule has 112 valence electrons. The standard InChI is InChI=1S/C14H21NO4S/c1-4-19-14(16)10-11-15(3)12-6-8-13(9-7-12)20(17,18)5-2/h6-9H,4-5,10-11H2,1-3H3. The first-order valence-electron chi connectivity index (χ1n) is 6.60. The third-order valence-electron chi connectivity index (χ3n) is 2.97. The molecule has 0 radical (unpaired) electrons. The maximum atomic E-state index is 11.7. The van der Waals surface area contributed by atoms with E-state index in [0.29, 0.717) is 24.5 Å². The molecule has 0 N–H and O–H groups in total. The topological polar surface area (TPSA) is 63.7 Å². The van der Waals surface area contributed by atoms with Crippen LogP contribution < -0.4 is 4.90 Å². The quantitative estimate of drug-likeness (QED) is 0.719. The van der Waals surface area contributed by atoms with Gasteiger partial charge in [-0.3, -0.25) is 4.79 Å². The molecule has 0 atom stereocenters. The Balaban J connectivity index is 2.67. The summed E-state index contributed by atoms with van der Waals surface area (Å²) in [5, 5.41) is 0. The molecule has 0 aromatic heterocycles. The number of benzene rings is 1. The van der Waals surface area contributed by atoms with Crippen LogP contribution in [0.15, 0.2) is 29.2 Å². The number of esters is 1. The highest BCUT2D eigenvalue weighted by molar-refractivity contribution is 7.91. The SMILES string of the molecule is CCOC(=O)CCN(C)c1ccc(S(=O)(=O)CC)cc1. The van der Waals surface area contributed by atoms with Crippen LogP contribution >= 0.6 is 0 Å². The van der Waals surface area contributed by atoms with Crippen LogP contribution in [0.2, 0.25) is 0 Å². The van der Waals surface area contributed by atoms with Crippen LogP contribution in [0, 0.1) is 0 Å². The van der Waals surface area contributed by atoms with E-state index < -0.39 is 9.84 Å². The number of hydrogen-bond donors (Lipinski definition) is 0. The largest absolute Gasteiger partial charge is 0.466 e. The first kappa shape index (κ1) is 16.5. The highest BCUT2D eigenvalue weighted by atomic mass is 32.2. The molecule has 0 amide bonds. The molecule has 1 aromatic carbocycles. The molecule has 0 bridgehead atoms. The van der Waals surface area contributed by atoms with Gasteiger partial charge in [0.2, 0.25) is 0 Å². The van der Waals surface area contributed by atoms with Gasteiger partial charge in [0.15, 0.2) is 9.84 Å². The number of nitrogens with zero attached hydrogens (tertiary/aromatic N) is 1. The number of ether oxygens (including phenoxy) is 1.